The predicted molar refractivity (Wildman–Crippen MR) is 147 cm³/mol. The summed E-state index contributed by atoms with van der Waals surface area (Å²) in [7, 11) is 0. The van der Waals surface area contributed by atoms with E-state index in [1.54, 1.807) is 55.3 Å². The Morgan fingerprint density at radius 3 is 2.68 bits per heavy atom. The molecule has 0 aliphatic carbocycles. The van der Waals surface area contributed by atoms with Crippen LogP contribution in [0.2, 0.25) is 0 Å². The molecule has 0 saturated carbocycles. The minimum absolute atomic E-state index is 0.0227. The van der Waals surface area contributed by atoms with Gasteiger partial charge in [-0.05, 0) is 69.3 Å². The van der Waals surface area contributed by atoms with Gasteiger partial charge in [-0.1, -0.05) is 12.1 Å². The molecule has 0 radical (unpaired) electrons. The van der Waals surface area contributed by atoms with Crippen LogP contribution in [0.3, 0.4) is 0 Å². The van der Waals surface area contributed by atoms with Crippen molar-refractivity contribution in [1.29, 1.82) is 0 Å². The number of imide groups is 1. The molecule has 0 bridgehead atoms. The average molecular weight is 559 g/mol. The lowest BCUT2D eigenvalue weighted by Crippen LogP contribution is -2.38. The summed E-state index contributed by atoms with van der Waals surface area (Å²) in [5.74, 6) is -1.44. The Hall–Kier alpha value is -4.67. The molecule has 0 N–H and O–H groups in total. The molecule has 3 aromatic heterocycles. The van der Waals surface area contributed by atoms with Crippen LogP contribution in [-0.2, 0) is 11.2 Å². The Kier molecular flexibility index (Phi) is 6.31. The lowest BCUT2D eigenvalue weighted by Gasteiger charge is -2.28. The van der Waals surface area contributed by atoms with Crippen molar-refractivity contribution in [3.8, 4) is 0 Å². The van der Waals surface area contributed by atoms with Crippen LogP contribution in [0.25, 0.3) is 5.65 Å². The second-order valence-corrected chi connectivity index (χ2v) is 10.0. The number of nitrogens with zero attached hydrogens (tertiary/aromatic N) is 6. The largest absolute Gasteiger partial charge is 0.462 e. The maximum Gasteiger partial charge on any atom is 0.343 e. The molecule has 1 aromatic carbocycles. The quantitative estimate of drug-likeness (QED) is 0.231. The molecule has 2 atom stereocenters. The number of halogens is 1. The summed E-state index contributed by atoms with van der Waals surface area (Å²) >= 11 is 0. The number of ether oxygens (including phenoxy) is 1. The number of benzene rings is 1. The summed E-state index contributed by atoms with van der Waals surface area (Å²) in [6, 6.07) is 8.66. The molecule has 11 heteroatoms. The van der Waals surface area contributed by atoms with Crippen molar-refractivity contribution in [2.24, 2.45) is 0 Å². The fourth-order valence-corrected chi connectivity index (χ4v) is 5.50. The standard InChI is InChI=1S/C30H29FN6O4/c1-3-41-30(40)23-17-33-36-14-12-26(34-27(23)36)35-13-6-9-25(35)22-15-19(31)16-32-24(22)11-10-18(2)37-28(38)20-7-4-5-8-21(20)29(37)39/h4-5,7-8,12,14-18,25H,3,6,9-11,13H2,1-2H3/t18-,25?/m1/s1/i6D2. The maximum absolute atomic E-state index is 14.7. The smallest absolute Gasteiger partial charge is 0.343 e. The molecule has 0 spiro atoms. The first-order valence-corrected chi connectivity index (χ1v) is 13.5. The topological polar surface area (TPSA) is 110 Å². The summed E-state index contributed by atoms with van der Waals surface area (Å²) in [6.07, 6.45) is 3.23. The van der Waals surface area contributed by atoms with Gasteiger partial charge in [0.05, 0.1) is 36.2 Å². The number of aryl methyl sites for hydroxylation is 1. The Balaban J connectivity index is 1.29. The van der Waals surface area contributed by atoms with Gasteiger partial charge in [-0.2, -0.15) is 5.10 Å². The fourth-order valence-electron chi connectivity index (χ4n) is 5.50. The van der Waals surface area contributed by atoms with Crippen molar-refractivity contribution in [3.63, 3.8) is 0 Å². The molecule has 1 fully saturated rings. The number of rotatable bonds is 8. The first kappa shape index (κ1) is 24.2. The second-order valence-electron chi connectivity index (χ2n) is 10.0. The van der Waals surface area contributed by atoms with Crippen LogP contribution in [0.15, 0.2) is 55.0 Å². The molecule has 210 valence electrons. The van der Waals surface area contributed by atoms with Gasteiger partial charge in [-0.3, -0.25) is 19.5 Å². The Morgan fingerprint density at radius 2 is 1.95 bits per heavy atom. The van der Waals surface area contributed by atoms with Crippen molar-refractivity contribution >= 4 is 29.2 Å². The van der Waals surface area contributed by atoms with Crippen LogP contribution >= 0.6 is 0 Å². The van der Waals surface area contributed by atoms with Crippen molar-refractivity contribution in [3.05, 3.63) is 88.8 Å². The molecule has 5 heterocycles. The number of pyridine rings is 1. The van der Waals surface area contributed by atoms with Crippen LogP contribution < -0.4 is 4.90 Å². The van der Waals surface area contributed by atoms with Crippen molar-refractivity contribution in [2.75, 3.05) is 18.1 Å². The van der Waals surface area contributed by atoms with Crippen LogP contribution in [0, 0.1) is 5.82 Å². The third kappa shape index (κ3) is 4.71. The Bertz CT molecular complexity index is 1730. The van der Waals surface area contributed by atoms with Gasteiger partial charge in [-0.25, -0.2) is 18.7 Å². The fraction of sp³-hybridized carbons (Fsp3) is 0.333. The number of fused-ring (bicyclic) bond motifs is 2. The van der Waals surface area contributed by atoms with E-state index in [1.165, 1.54) is 21.7 Å². The number of hydrogen-bond donors (Lipinski definition) is 0. The van der Waals surface area contributed by atoms with Gasteiger partial charge < -0.3 is 9.64 Å². The van der Waals surface area contributed by atoms with E-state index in [0.29, 0.717) is 41.0 Å². The van der Waals surface area contributed by atoms with E-state index < -0.39 is 30.2 Å². The van der Waals surface area contributed by atoms with Crippen molar-refractivity contribution in [2.45, 2.75) is 51.6 Å². The summed E-state index contributed by atoms with van der Waals surface area (Å²) in [6.45, 7) is 3.65. The molecular formula is C30H29FN6O4. The van der Waals surface area contributed by atoms with Gasteiger partial charge in [0.15, 0.2) is 5.65 Å². The zero-order valence-corrected chi connectivity index (χ0v) is 22.6. The maximum atomic E-state index is 14.7. The molecule has 2 amide bonds. The Morgan fingerprint density at radius 1 is 1.20 bits per heavy atom. The van der Waals surface area contributed by atoms with E-state index in [-0.39, 0.29) is 42.6 Å². The molecule has 4 aromatic rings. The van der Waals surface area contributed by atoms with E-state index >= 15 is 0 Å². The van der Waals surface area contributed by atoms with Gasteiger partial charge in [0, 0.05) is 27.2 Å². The number of amides is 2. The minimum Gasteiger partial charge on any atom is -0.462 e. The van der Waals surface area contributed by atoms with Gasteiger partial charge in [-0.15, -0.1) is 0 Å². The molecule has 6 rings (SSSR count). The third-order valence-corrected chi connectivity index (χ3v) is 7.53. The average Bonchev–Trinajstić information content (AvgIpc) is 3.63. The highest BCUT2D eigenvalue weighted by atomic mass is 19.1. The lowest BCUT2D eigenvalue weighted by molar-refractivity contribution is 0.0526. The molecule has 41 heavy (non-hydrogen) atoms. The Labute approximate surface area is 238 Å². The first-order chi connectivity index (χ1) is 20.6. The second kappa shape index (κ2) is 10.7. The number of esters is 1. The highest BCUT2D eigenvalue weighted by molar-refractivity contribution is 6.21. The molecule has 10 nitrogen and oxygen atoms in total. The number of carbonyl (C=O) groups excluding carboxylic acids is 3. The summed E-state index contributed by atoms with van der Waals surface area (Å²) < 4.78 is 38.4. The van der Waals surface area contributed by atoms with Gasteiger partial charge in [0.2, 0.25) is 0 Å². The number of aromatic nitrogens is 4. The molecule has 2 aliphatic rings. The third-order valence-electron chi connectivity index (χ3n) is 7.53. The minimum atomic E-state index is -1.63. The lowest BCUT2D eigenvalue weighted by atomic mass is 9.98. The highest BCUT2D eigenvalue weighted by Gasteiger charge is 2.38. The zero-order valence-electron chi connectivity index (χ0n) is 24.6. The van der Waals surface area contributed by atoms with Crippen molar-refractivity contribution < 1.29 is 26.3 Å². The van der Waals surface area contributed by atoms with E-state index in [4.69, 9.17) is 7.48 Å². The van der Waals surface area contributed by atoms with E-state index in [9.17, 15) is 18.8 Å². The van der Waals surface area contributed by atoms with E-state index in [2.05, 4.69) is 15.1 Å². The highest BCUT2D eigenvalue weighted by Crippen LogP contribution is 2.37. The molecule has 1 saturated heterocycles. The number of carbonyl (C=O) groups is 3. The normalized spacial score (nSPS) is 19.3. The monoisotopic (exact) mass is 558 g/mol. The summed E-state index contributed by atoms with van der Waals surface area (Å²) in [4.78, 5) is 50.4. The molecular weight excluding hydrogens is 527 g/mol. The SMILES string of the molecule is [2H]C1([2H])CC(c2cc(F)cnc2CC[C@@H](C)N2C(=O)c3ccccc3C2=O)N(c2ccn3ncc(C(=O)OCC)c3n2)C1. The van der Waals surface area contributed by atoms with Crippen molar-refractivity contribution in [1.82, 2.24) is 24.5 Å². The van der Waals surface area contributed by atoms with Crippen LogP contribution in [0.1, 0.15) is 84.2 Å². The number of hydrogen-bond acceptors (Lipinski definition) is 8. The number of anilines is 1. The van der Waals surface area contributed by atoms with Crippen LogP contribution in [0.4, 0.5) is 10.2 Å². The summed E-state index contributed by atoms with van der Waals surface area (Å²) in [5, 5.41) is 4.17. The van der Waals surface area contributed by atoms with E-state index in [0.717, 1.165) is 6.20 Å². The first-order valence-electron chi connectivity index (χ1n) is 14.5. The predicted octanol–water partition coefficient (Wildman–Crippen LogP) is 4.40. The van der Waals surface area contributed by atoms with Gasteiger partial charge in [0.1, 0.15) is 17.2 Å². The van der Waals surface area contributed by atoms with Gasteiger partial charge in [0.25, 0.3) is 11.8 Å². The molecule has 1 unspecified atom stereocenters. The van der Waals surface area contributed by atoms with Gasteiger partial charge >= 0.3 is 5.97 Å². The van der Waals surface area contributed by atoms with E-state index in [1.807, 2.05) is 0 Å². The zero-order chi connectivity index (χ0) is 30.5. The van der Waals surface area contributed by atoms with Crippen LogP contribution in [0.5, 0.6) is 0 Å². The molecule has 2 aliphatic heterocycles. The summed E-state index contributed by atoms with van der Waals surface area (Å²) in [5.41, 5.74) is 2.22. The van der Waals surface area contributed by atoms with Crippen LogP contribution in [-0.4, -0.2) is 61.5 Å².